The molecule has 0 unspecified atom stereocenters. The van der Waals surface area contributed by atoms with Gasteiger partial charge in [-0.15, -0.1) is 0 Å². The number of hydrogen-bond acceptors (Lipinski definition) is 7. The van der Waals surface area contributed by atoms with Crippen LogP contribution in [0.4, 0.5) is 5.82 Å². The lowest BCUT2D eigenvalue weighted by atomic mass is 10.2. The molecule has 0 spiro atoms. The predicted molar refractivity (Wildman–Crippen MR) is 121 cm³/mol. The van der Waals surface area contributed by atoms with E-state index in [4.69, 9.17) is 11.6 Å². The Morgan fingerprint density at radius 1 is 1.12 bits per heavy atom. The third-order valence-electron chi connectivity index (χ3n) is 5.03. The highest BCUT2D eigenvalue weighted by molar-refractivity contribution is 6.33. The summed E-state index contributed by atoms with van der Waals surface area (Å²) in [4.78, 5) is 41.1. The van der Waals surface area contributed by atoms with Gasteiger partial charge in [0.25, 0.3) is 11.1 Å². The number of aromatic nitrogens is 7. The Morgan fingerprint density at radius 2 is 1.91 bits per heavy atom. The highest BCUT2D eigenvalue weighted by atomic mass is 35.5. The van der Waals surface area contributed by atoms with E-state index < -0.39 is 6.04 Å². The molecule has 0 aliphatic carbocycles. The third kappa shape index (κ3) is 3.21. The van der Waals surface area contributed by atoms with Gasteiger partial charge in [-0.3, -0.25) is 14.2 Å². The first-order chi connectivity index (χ1) is 15.4. The molecule has 0 saturated carbocycles. The molecule has 1 aromatic carbocycles. The van der Waals surface area contributed by atoms with Crippen LogP contribution >= 0.6 is 11.6 Å². The van der Waals surface area contributed by atoms with Crippen LogP contribution in [0.2, 0.25) is 5.02 Å². The van der Waals surface area contributed by atoms with Gasteiger partial charge in [0, 0.05) is 6.20 Å². The summed E-state index contributed by atoms with van der Waals surface area (Å²) < 4.78 is 2.95. The lowest BCUT2D eigenvalue weighted by molar-refractivity contribution is 0.673. The summed E-state index contributed by atoms with van der Waals surface area (Å²) in [6.07, 6.45) is 2.92. The molecule has 5 rings (SSSR count). The molecule has 0 aliphatic heterocycles. The number of para-hydroxylation sites is 1. The highest BCUT2D eigenvalue weighted by Crippen LogP contribution is 2.23. The summed E-state index contributed by atoms with van der Waals surface area (Å²) in [5, 5.41) is 8.39. The van der Waals surface area contributed by atoms with Crippen LogP contribution in [0.3, 0.4) is 0 Å². The van der Waals surface area contributed by atoms with Crippen LogP contribution in [0.15, 0.2) is 58.5 Å². The summed E-state index contributed by atoms with van der Waals surface area (Å²) in [5.74, 6) is 1.16. The molecule has 0 fully saturated rings. The van der Waals surface area contributed by atoms with Crippen molar-refractivity contribution in [2.75, 3.05) is 5.32 Å². The molecule has 0 aliphatic rings. The van der Waals surface area contributed by atoms with Crippen molar-refractivity contribution in [2.24, 2.45) is 0 Å². The average molecular weight is 449 g/mol. The molecule has 32 heavy (non-hydrogen) atoms. The van der Waals surface area contributed by atoms with E-state index in [2.05, 4.69) is 30.4 Å². The van der Waals surface area contributed by atoms with Crippen molar-refractivity contribution in [3.05, 3.63) is 86.3 Å². The van der Waals surface area contributed by atoms with E-state index in [1.54, 1.807) is 19.2 Å². The molecule has 160 valence electrons. The van der Waals surface area contributed by atoms with Gasteiger partial charge >= 0.3 is 0 Å². The number of rotatable bonds is 4. The van der Waals surface area contributed by atoms with Gasteiger partial charge in [-0.1, -0.05) is 29.8 Å². The Labute approximate surface area is 185 Å². The first-order valence-electron chi connectivity index (χ1n) is 9.78. The first kappa shape index (κ1) is 19.9. The molecule has 0 radical (unpaired) electrons. The van der Waals surface area contributed by atoms with Gasteiger partial charge in [-0.25, -0.2) is 19.5 Å². The molecule has 0 bridgehead atoms. The van der Waals surface area contributed by atoms with Crippen molar-refractivity contribution in [1.82, 2.24) is 34.1 Å². The second kappa shape index (κ2) is 7.57. The molecule has 0 amide bonds. The Morgan fingerprint density at radius 3 is 2.69 bits per heavy atom. The first-order valence-corrected chi connectivity index (χ1v) is 10.2. The highest BCUT2D eigenvalue weighted by Gasteiger charge is 2.22. The van der Waals surface area contributed by atoms with E-state index in [1.807, 2.05) is 37.3 Å². The van der Waals surface area contributed by atoms with Crippen molar-refractivity contribution in [3.8, 4) is 5.69 Å². The Balaban J connectivity index is 1.71. The minimum Gasteiger partial charge on any atom is -0.359 e. The number of anilines is 1. The smallest absolute Gasteiger partial charge is 0.284 e. The van der Waals surface area contributed by atoms with E-state index >= 15 is 0 Å². The number of H-pyrrole nitrogens is 1. The zero-order chi connectivity index (χ0) is 22.4. The van der Waals surface area contributed by atoms with E-state index in [1.165, 1.54) is 15.4 Å². The fourth-order valence-electron chi connectivity index (χ4n) is 3.61. The van der Waals surface area contributed by atoms with Gasteiger partial charge in [-0.2, -0.15) is 5.10 Å². The minimum absolute atomic E-state index is 0.226. The number of aromatic amines is 1. The number of nitrogens with zero attached hydrogens (tertiary/aromatic N) is 6. The number of hydrogen-bond donors (Lipinski definition) is 2. The number of fused-ring (bicyclic) bond motifs is 2. The molecule has 2 N–H and O–H groups in total. The van der Waals surface area contributed by atoms with Gasteiger partial charge in [0.2, 0.25) is 0 Å². The largest absolute Gasteiger partial charge is 0.359 e. The molecule has 1 atom stereocenters. The molecule has 5 aromatic rings. The van der Waals surface area contributed by atoms with Crippen LogP contribution in [-0.4, -0.2) is 34.1 Å². The maximum Gasteiger partial charge on any atom is 0.284 e. The fraction of sp³-hybridized carbons (Fsp3) is 0.143. The lowest BCUT2D eigenvalue weighted by Crippen LogP contribution is -2.29. The lowest BCUT2D eigenvalue weighted by Gasteiger charge is -2.20. The van der Waals surface area contributed by atoms with Crippen LogP contribution < -0.4 is 16.4 Å². The maximum atomic E-state index is 13.4. The standard InChI is InChI=1S/C21H17ClN8O2/c1-11(25-18-15-17(26-12(2)27-18)23-10-24-20(15)31)19-28-29-9-8-14(22)16(29)21(32)30(19)13-6-4-3-5-7-13/h3-11H,1-2H3,(H2,23,24,25,26,27,31)/t11-/m0/s1. The predicted octanol–water partition coefficient (Wildman–Crippen LogP) is 2.65. The van der Waals surface area contributed by atoms with Gasteiger partial charge in [0.1, 0.15) is 22.5 Å². The summed E-state index contributed by atoms with van der Waals surface area (Å²) in [6, 6.07) is 10.2. The van der Waals surface area contributed by atoms with Crippen LogP contribution in [-0.2, 0) is 0 Å². The van der Waals surface area contributed by atoms with E-state index in [0.29, 0.717) is 28.2 Å². The normalized spacial score (nSPS) is 12.3. The van der Waals surface area contributed by atoms with Crippen molar-refractivity contribution < 1.29 is 0 Å². The summed E-state index contributed by atoms with van der Waals surface area (Å²) in [5.41, 5.74) is 0.503. The fourth-order valence-corrected chi connectivity index (χ4v) is 3.84. The molecule has 10 nitrogen and oxygen atoms in total. The van der Waals surface area contributed by atoms with Crippen LogP contribution in [0.5, 0.6) is 0 Å². The van der Waals surface area contributed by atoms with E-state index in [-0.39, 0.29) is 27.7 Å². The quantitative estimate of drug-likeness (QED) is 0.433. The second-order valence-electron chi connectivity index (χ2n) is 7.21. The summed E-state index contributed by atoms with van der Waals surface area (Å²) in [6.45, 7) is 3.54. The van der Waals surface area contributed by atoms with Crippen molar-refractivity contribution in [3.63, 3.8) is 0 Å². The molecular formula is C21H17ClN8O2. The van der Waals surface area contributed by atoms with Gasteiger partial charge in [0.05, 0.1) is 23.1 Å². The van der Waals surface area contributed by atoms with Crippen molar-refractivity contribution >= 4 is 34.0 Å². The zero-order valence-corrected chi connectivity index (χ0v) is 17.8. The summed E-state index contributed by atoms with van der Waals surface area (Å²) in [7, 11) is 0. The SMILES string of the molecule is Cc1nc(N[C@@H](C)c2nn3ccc(Cl)c3c(=O)n2-c2ccccc2)c2c(=O)[nH]cnc2n1. The number of benzene rings is 1. The summed E-state index contributed by atoms with van der Waals surface area (Å²) >= 11 is 6.25. The van der Waals surface area contributed by atoms with Gasteiger partial charge < -0.3 is 10.3 Å². The van der Waals surface area contributed by atoms with Gasteiger partial charge in [-0.05, 0) is 32.0 Å². The van der Waals surface area contributed by atoms with Gasteiger partial charge in [0.15, 0.2) is 11.5 Å². The number of nitrogens with one attached hydrogen (secondary N) is 2. The second-order valence-corrected chi connectivity index (χ2v) is 7.61. The molecule has 4 heterocycles. The molecule has 11 heteroatoms. The topological polar surface area (TPSA) is 123 Å². The van der Waals surface area contributed by atoms with Crippen LogP contribution in [0.25, 0.3) is 22.2 Å². The van der Waals surface area contributed by atoms with E-state index in [9.17, 15) is 9.59 Å². The van der Waals surface area contributed by atoms with E-state index in [0.717, 1.165) is 0 Å². The Bertz CT molecular complexity index is 1590. The van der Waals surface area contributed by atoms with Crippen LogP contribution in [0, 0.1) is 6.92 Å². The Kier molecular flexibility index (Phi) is 4.71. The Hall–Kier alpha value is -4.05. The van der Waals surface area contributed by atoms with Crippen molar-refractivity contribution in [1.29, 1.82) is 0 Å². The molecule has 0 saturated heterocycles. The van der Waals surface area contributed by atoms with Crippen LogP contribution in [0.1, 0.15) is 24.6 Å². The molecule has 4 aromatic heterocycles. The molecular weight excluding hydrogens is 432 g/mol. The number of halogens is 1. The third-order valence-corrected chi connectivity index (χ3v) is 5.33. The zero-order valence-electron chi connectivity index (χ0n) is 17.1. The average Bonchev–Trinajstić information content (AvgIpc) is 3.15. The monoisotopic (exact) mass is 448 g/mol. The van der Waals surface area contributed by atoms with Crippen molar-refractivity contribution in [2.45, 2.75) is 19.9 Å². The number of aryl methyl sites for hydroxylation is 1. The minimum atomic E-state index is -0.523. The maximum absolute atomic E-state index is 13.4.